The predicted molar refractivity (Wildman–Crippen MR) is 113 cm³/mol. The largest absolute Gasteiger partial charge is 0.464 e. The lowest BCUT2D eigenvalue weighted by molar-refractivity contribution is -0.385. The highest BCUT2D eigenvalue weighted by atomic mass is 79.9. The van der Waals surface area contributed by atoms with Gasteiger partial charge in [-0.1, -0.05) is 58.4 Å². The standard InChI is InChI=1S/C22H16BrN3O3/c23-16-10-8-14(9-11-16)19-13-20-18-6-1-2-7-21(18)29-22(25(20)24-19)15-4-3-5-17(12-15)26(27)28/h1-12,20,22H,13H2/t20-,22+/m0/s1. The first-order valence-electron chi connectivity index (χ1n) is 9.22. The topological polar surface area (TPSA) is 68.0 Å². The molecule has 5 rings (SSSR count). The van der Waals surface area contributed by atoms with Crippen LogP contribution in [0.3, 0.4) is 0 Å². The van der Waals surface area contributed by atoms with Crippen LogP contribution in [-0.4, -0.2) is 15.6 Å². The molecule has 2 aliphatic rings. The summed E-state index contributed by atoms with van der Waals surface area (Å²) >= 11 is 3.47. The van der Waals surface area contributed by atoms with E-state index in [0.717, 1.165) is 33.5 Å². The third-order valence-corrected chi connectivity index (χ3v) is 5.77. The number of fused-ring (bicyclic) bond motifs is 3. The van der Waals surface area contributed by atoms with Crippen LogP contribution in [0, 0.1) is 10.1 Å². The molecular weight excluding hydrogens is 434 g/mol. The number of hydrogen-bond donors (Lipinski definition) is 0. The van der Waals surface area contributed by atoms with E-state index < -0.39 is 11.2 Å². The summed E-state index contributed by atoms with van der Waals surface area (Å²) in [5.74, 6) is 0.789. The molecule has 0 unspecified atom stereocenters. The maximum absolute atomic E-state index is 11.2. The van der Waals surface area contributed by atoms with Crippen molar-refractivity contribution in [3.8, 4) is 5.75 Å². The van der Waals surface area contributed by atoms with Gasteiger partial charge in [-0.3, -0.25) is 10.1 Å². The molecule has 144 valence electrons. The second-order valence-electron chi connectivity index (χ2n) is 7.01. The van der Waals surface area contributed by atoms with Gasteiger partial charge in [0.2, 0.25) is 6.23 Å². The SMILES string of the molecule is O=[N+]([O-])c1cccc([C@H]2Oc3ccccc3[C@@H]3CC(c4ccc(Br)cc4)=NN23)c1. The fourth-order valence-corrected chi connectivity index (χ4v) is 4.13. The molecule has 29 heavy (non-hydrogen) atoms. The first-order chi connectivity index (χ1) is 14.1. The van der Waals surface area contributed by atoms with E-state index in [0.29, 0.717) is 5.56 Å². The highest BCUT2D eigenvalue weighted by Crippen LogP contribution is 2.47. The minimum atomic E-state index is -0.525. The molecule has 2 heterocycles. The van der Waals surface area contributed by atoms with Gasteiger partial charge in [-0.2, -0.15) is 5.10 Å². The Morgan fingerprint density at radius 1 is 1.07 bits per heavy atom. The van der Waals surface area contributed by atoms with Crippen molar-refractivity contribution in [2.24, 2.45) is 5.10 Å². The molecule has 0 radical (unpaired) electrons. The molecule has 0 N–H and O–H groups in total. The summed E-state index contributed by atoms with van der Waals surface area (Å²) in [4.78, 5) is 10.9. The highest BCUT2D eigenvalue weighted by Gasteiger charge is 2.41. The van der Waals surface area contributed by atoms with E-state index in [1.807, 2.05) is 53.5 Å². The number of rotatable bonds is 3. The average Bonchev–Trinajstić information content (AvgIpc) is 3.19. The summed E-state index contributed by atoms with van der Waals surface area (Å²) in [6, 6.07) is 22.6. The summed E-state index contributed by atoms with van der Waals surface area (Å²) < 4.78 is 7.27. The average molecular weight is 450 g/mol. The van der Waals surface area contributed by atoms with E-state index in [2.05, 4.69) is 22.0 Å². The first kappa shape index (κ1) is 17.9. The van der Waals surface area contributed by atoms with E-state index >= 15 is 0 Å². The molecule has 0 saturated heterocycles. The van der Waals surface area contributed by atoms with Crippen molar-refractivity contribution in [3.05, 3.63) is 104 Å². The Kier molecular flexibility index (Phi) is 4.32. The van der Waals surface area contributed by atoms with Crippen molar-refractivity contribution < 1.29 is 9.66 Å². The van der Waals surface area contributed by atoms with Crippen molar-refractivity contribution >= 4 is 27.3 Å². The molecular formula is C22H16BrN3O3. The summed E-state index contributed by atoms with van der Waals surface area (Å²) in [5, 5.41) is 18.1. The van der Waals surface area contributed by atoms with Crippen molar-refractivity contribution in [2.75, 3.05) is 0 Å². The van der Waals surface area contributed by atoms with Crippen molar-refractivity contribution in [1.82, 2.24) is 5.01 Å². The Labute approximate surface area is 175 Å². The predicted octanol–water partition coefficient (Wildman–Crippen LogP) is 5.60. The highest BCUT2D eigenvalue weighted by molar-refractivity contribution is 9.10. The van der Waals surface area contributed by atoms with E-state index in [4.69, 9.17) is 9.84 Å². The first-order valence-corrected chi connectivity index (χ1v) is 10.0. The molecule has 0 aromatic heterocycles. The van der Waals surface area contributed by atoms with E-state index in [1.165, 1.54) is 6.07 Å². The number of hydrazone groups is 1. The number of nitro benzene ring substituents is 1. The second kappa shape index (κ2) is 7.00. The monoisotopic (exact) mass is 449 g/mol. The molecule has 0 saturated carbocycles. The zero-order valence-electron chi connectivity index (χ0n) is 15.2. The number of nitro groups is 1. The molecule has 3 aromatic rings. The van der Waals surface area contributed by atoms with Crippen LogP contribution < -0.4 is 4.74 Å². The molecule has 7 heteroatoms. The van der Waals surface area contributed by atoms with Gasteiger partial charge in [-0.15, -0.1) is 0 Å². The van der Waals surface area contributed by atoms with Crippen LogP contribution in [0.15, 0.2) is 82.4 Å². The van der Waals surface area contributed by atoms with Crippen molar-refractivity contribution in [3.63, 3.8) is 0 Å². The Bertz CT molecular complexity index is 1130. The van der Waals surface area contributed by atoms with Gasteiger partial charge in [0.25, 0.3) is 5.69 Å². The maximum Gasteiger partial charge on any atom is 0.269 e. The molecule has 0 aliphatic carbocycles. The Morgan fingerprint density at radius 2 is 1.86 bits per heavy atom. The Balaban J connectivity index is 1.59. The van der Waals surface area contributed by atoms with E-state index in [-0.39, 0.29) is 11.7 Å². The quantitative estimate of drug-likeness (QED) is 0.385. The van der Waals surface area contributed by atoms with E-state index in [1.54, 1.807) is 12.1 Å². The zero-order chi connectivity index (χ0) is 20.0. The van der Waals surface area contributed by atoms with Gasteiger partial charge >= 0.3 is 0 Å². The van der Waals surface area contributed by atoms with Crippen LogP contribution in [0.1, 0.15) is 35.4 Å². The zero-order valence-corrected chi connectivity index (χ0v) is 16.8. The van der Waals surface area contributed by atoms with Gasteiger partial charge in [-0.25, -0.2) is 5.01 Å². The summed E-state index contributed by atoms with van der Waals surface area (Å²) in [6.45, 7) is 0. The fraction of sp³-hybridized carbons (Fsp3) is 0.136. The van der Waals surface area contributed by atoms with Crippen LogP contribution in [0.2, 0.25) is 0 Å². The number of para-hydroxylation sites is 1. The number of hydrogen-bond acceptors (Lipinski definition) is 5. The molecule has 2 aliphatic heterocycles. The van der Waals surface area contributed by atoms with Crippen LogP contribution in [0.5, 0.6) is 5.75 Å². The van der Waals surface area contributed by atoms with Crippen molar-refractivity contribution in [1.29, 1.82) is 0 Å². The summed E-state index contributed by atoms with van der Waals surface area (Å²) in [5.41, 5.74) is 3.85. The van der Waals surface area contributed by atoms with Gasteiger partial charge < -0.3 is 4.74 Å². The lowest BCUT2D eigenvalue weighted by atomic mass is 9.96. The normalized spacial score (nSPS) is 19.8. The minimum Gasteiger partial charge on any atom is -0.464 e. The van der Waals surface area contributed by atoms with Gasteiger partial charge in [-0.05, 0) is 23.8 Å². The number of ether oxygens (including phenoxy) is 1. The number of nitrogens with zero attached hydrogens (tertiary/aromatic N) is 3. The van der Waals surface area contributed by atoms with Crippen LogP contribution in [0.25, 0.3) is 0 Å². The maximum atomic E-state index is 11.2. The fourth-order valence-electron chi connectivity index (χ4n) is 3.86. The summed E-state index contributed by atoms with van der Waals surface area (Å²) in [6.07, 6.45) is 0.218. The molecule has 0 bridgehead atoms. The number of non-ortho nitro benzene ring substituents is 1. The minimum absolute atomic E-state index is 0.0165. The molecule has 6 nitrogen and oxygen atoms in total. The van der Waals surface area contributed by atoms with Gasteiger partial charge in [0.05, 0.1) is 16.7 Å². The van der Waals surface area contributed by atoms with Crippen LogP contribution in [0.4, 0.5) is 5.69 Å². The Morgan fingerprint density at radius 3 is 2.66 bits per heavy atom. The number of halogens is 1. The lowest BCUT2D eigenvalue weighted by Gasteiger charge is -2.38. The molecule has 0 amide bonds. The lowest BCUT2D eigenvalue weighted by Crippen LogP contribution is -2.33. The molecule has 0 spiro atoms. The second-order valence-corrected chi connectivity index (χ2v) is 7.93. The summed E-state index contributed by atoms with van der Waals surface area (Å²) in [7, 11) is 0. The van der Waals surface area contributed by atoms with E-state index in [9.17, 15) is 10.1 Å². The molecule has 3 aromatic carbocycles. The van der Waals surface area contributed by atoms with Crippen LogP contribution in [-0.2, 0) is 0 Å². The smallest absolute Gasteiger partial charge is 0.269 e. The molecule has 0 fully saturated rings. The third kappa shape index (κ3) is 3.17. The molecule has 2 atom stereocenters. The van der Waals surface area contributed by atoms with Gasteiger partial charge in [0.15, 0.2) is 0 Å². The Hall–Kier alpha value is -3.19. The van der Waals surface area contributed by atoms with Gasteiger partial charge in [0.1, 0.15) is 5.75 Å². The third-order valence-electron chi connectivity index (χ3n) is 5.24. The van der Waals surface area contributed by atoms with Crippen molar-refractivity contribution in [2.45, 2.75) is 18.7 Å². The van der Waals surface area contributed by atoms with Gasteiger partial charge in [0, 0.05) is 34.2 Å². The number of benzene rings is 3. The van der Waals surface area contributed by atoms with Crippen LogP contribution >= 0.6 is 15.9 Å².